The third kappa shape index (κ3) is 5.34. The number of benzene rings is 1. The Morgan fingerprint density at radius 1 is 1.53 bits per heavy atom. The number of halogens is 2. The zero-order valence-electron chi connectivity index (χ0n) is 10.7. The van der Waals surface area contributed by atoms with Gasteiger partial charge in [-0.1, -0.05) is 28.1 Å². The Morgan fingerprint density at radius 3 is 2.79 bits per heavy atom. The second-order valence-electron chi connectivity index (χ2n) is 4.51. The highest BCUT2D eigenvalue weighted by atomic mass is 79.9. The number of amides is 1. The zero-order valence-corrected chi connectivity index (χ0v) is 13.9. The summed E-state index contributed by atoms with van der Waals surface area (Å²) in [7, 11) is 0. The fraction of sp³-hybridized carbons (Fsp3) is 0.462. The Hall–Kier alpha value is -0.230. The molecule has 2 unspecified atom stereocenters. The first-order valence-corrected chi connectivity index (χ1v) is 7.96. The molecule has 0 saturated carbocycles. The van der Waals surface area contributed by atoms with E-state index in [9.17, 15) is 4.79 Å². The first-order valence-electron chi connectivity index (χ1n) is 6.01. The Bertz CT molecular complexity index is 410. The molecule has 1 amide bonds. The highest BCUT2D eigenvalue weighted by Crippen LogP contribution is 2.13. The molecule has 3 nitrogen and oxygen atoms in total. The number of rotatable bonds is 4. The maximum atomic E-state index is 11.9. The van der Waals surface area contributed by atoms with Crippen LogP contribution in [0, 0.1) is 0 Å². The van der Waals surface area contributed by atoms with Gasteiger partial charge in [0.05, 0.1) is 6.04 Å². The summed E-state index contributed by atoms with van der Waals surface area (Å²) in [6, 6.07) is 8.35. The standard InChI is InChI=1S/C13H17BrN2OS.ClH/c1-9(6-10-2-4-11(14)5-3-10)16-13(17)12-7-18-8-15-12;/h2-5,9,12,15H,6-8H2,1H3,(H,16,17);1H. The molecule has 1 aliphatic rings. The van der Waals surface area contributed by atoms with Crippen LogP contribution in [0.1, 0.15) is 12.5 Å². The number of hydrogen-bond acceptors (Lipinski definition) is 3. The SMILES string of the molecule is CC(Cc1ccc(Br)cc1)NC(=O)C1CSCN1.Cl. The molecule has 2 atom stereocenters. The minimum Gasteiger partial charge on any atom is -0.352 e. The van der Waals surface area contributed by atoms with Gasteiger partial charge in [0.1, 0.15) is 0 Å². The van der Waals surface area contributed by atoms with E-state index >= 15 is 0 Å². The number of thioether (sulfide) groups is 1. The first-order chi connectivity index (χ1) is 8.65. The third-order valence-corrected chi connectivity index (χ3v) is 4.35. The Balaban J connectivity index is 0.00000180. The van der Waals surface area contributed by atoms with Gasteiger partial charge in [-0.2, -0.15) is 0 Å². The summed E-state index contributed by atoms with van der Waals surface area (Å²) in [5.41, 5.74) is 1.24. The highest BCUT2D eigenvalue weighted by Gasteiger charge is 2.23. The lowest BCUT2D eigenvalue weighted by Gasteiger charge is -2.17. The Morgan fingerprint density at radius 2 is 2.21 bits per heavy atom. The molecule has 2 N–H and O–H groups in total. The van der Waals surface area contributed by atoms with Gasteiger partial charge < -0.3 is 5.32 Å². The quantitative estimate of drug-likeness (QED) is 0.861. The summed E-state index contributed by atoms with van der Waals surface area (Å²) >= 11 is 5.18. The maximum Gasteiger partial charge on any atom is 0.238 e. The lowest BCUT2D eigenvalue weighted by Crippen LogP contribution is -2.46. The van der Waals surface area contributed by atoms with Crippen LogP contribution in [0.5, 0.6) is 0 Å². The van der Waals surface area contributed by atoms with E-state index < -0.39 is 0 Å². The van der Waals surface area contributed by atoms with Gasteiger partial charge in [-0.15, -0.1) is 24.2 Å². The van der Waals surface area contributed by atoms with Crippen molar-refractivity contribution >= 4 is 46.0 Å². The van der Waals surface area contributed by atoms with Gasteiger partial charge >= 0.3 is 0 Å². The van der Waals surface area contributed by atoms with E-state index in [1.165, 1.54) is 5.56 Å². The van der Waals surface area contributed by atoms with Crippen molar-refractivity contribution in [2.45, 2.75) is 25.4 Å². The van der Waals surface area contributed by atoms with E-state index in [-0.39, 0.29) is 30.4 Å². The van der Waals surface area contributed by atoms with Crippen molar-refractivity contribution < 1.29 is 4.79 Å². The summed E-state index contributed by atoms with van der Waals surface area (Å²) < 4.78 is 1.08. The molecule has 0 spiro atoms. The minimum atomic E-state index is -0.0256. The van der Waals surface area contributed by atoms with Gasteiger partial charge in [0.2, 0.25) is 5.91 Å². The van der Waals surface area contributed by atoms with Gasteiger partial charge in [0.15, 0.2) is 0 Å². The van der Waals surface area contributed by atoms with Crippen molar-refractivity contribution in [1.82, 2.24) is 10.6 Å². The largest absolute Gasteiger partial charge is 0.352 e. The van der Waals surface area contributed by atoms with Crippen LogP contribution in [0.3, 0.4) is 0 Å². The molecular formula is C13H18BrClN2OS. The van der Waals surface area contributed by atoms with Gasteiger partial charge in [0.25, 0.3) is 0 Å². The van der Waals surface area contributed by atoms with Gasteiger partial charge in [-0.25, -0.2) is 0 Å². The fourth-order valence-corrected chi connectivity index (χ4v) is 3.14. The molecule has 0 aliphatic carbocycles. The van der Waals surface area contributed by atoms with Crippen molar-refractivity contribution in [2.24, 2.45) is 0 Å². The van der Waals surface area contributed by atoms with Crippen LogP contribution in [-0.4, -0.2) is 29.6 Å². The predicted molar refractivity (Wildman–Crippen MR) is 86.9 cm³/mol. The second-order valence-corrected chi connectivity index (χ2v) is 6.46. The van der Waals surface area contributed by atoms with E-state index in [0.29, 0.717) is 0 Å². The van der Waals surface area contributed by atoms with Gasteiger partial charge in [0, 0.05) is 22.1 Å². The summed E-state index contributed by atoms with van der Waals surface area (Å²) in [5, 5.41) is 6.24. The average molecular weight is 366 g/mol. The molecule has 1 heterocycles. The maximum absolute atomic E-state index is 11.9. The minimum absolute atomic E-state index is 0. The van der Waals surface area contributed by atoms with E-state index in [4.69, 9.17) is 0 Å². The van der Waals surface area contributed by atoms with Crippen LogP contribution in [-0.2, 0) is 11.2 Å². The topological polar surface area (TPSA) is 41.1 Å². The zero-order chi connectivity index (χ0) is 13.0. The second kappa shape index (κ2) is 8.15. The van der Waals surface area contributed by atoms with E-state index in [0.717, 1.165) is 22.5 Å². The summed E-state index contributed by atoms with van der Waals surface area (Å²) in [6.07, 6.45) is 0.860. The summed E-state index contributed by atoms with van der Waals surface area (Å²) in [4.78, 5) is 11.9. The molecule has 0 radical (unpaired) electrons. The normalized spacial score (nSPS) is 19.6. The number of carbonyl (C=O) groups is 1. The monoisotopic (exact) mass is 364 g/mol. The predicted octanol–water partition coefficient (Wildman–Crippen LogP) is 2.58. The Kier molecular flexibility index (Phi) is 7.21. The molecule has 0 bridgehead atoms. The van der Waals surface area contributed by atoms with Crippen LogP contribution in [0.15, 0.2) is 28.7 Å². The average Bonchev–Trinajstić information content (AvgIpc) is 2.85. The molecule has 1 aliphatic heterocycles. The molecule has 106 valence electrons. The molecular weight excluding hydrogens is 348 g/mol. The molecule has 0 aromatic heterocycles. The number of hydrogen-bond donors (Lipinski definition) is 2. The van der Waals surface area contributed by atoms with Crippen molar-refractivity contribution in [2.75, 3.05) is 11.6 Å². The molecule has 6 heteroatoms. The van der Waals surface area contributed by atoms with Crippen molar-refractivity contribution in [3.05, 3.63) is 34.3 Å². The van der Waals surface area contributed by atoms with Crippen molar-refractivity contribution in [3.8, 4) is 0 Å². The molecule has 19 heavy (non-hydrogen) atoms. The summed E-state index contributed by atoms with van der Waals surface area (Å²) in [5.74, 6) is 1.86. The van der Waals surface area contributed by atoms with Crippen molar-refractivity contribution in [3.63, 3.8) is 0 Å². The van der Waals surface area contributed by atoms with Crippen LogP contribution >= 0.6 is 40.1 Å². The lowest BCUT2D eigenvalue weighted by molar-refractivity contribution is -0.123. The number of nitrogens with one attached hydrogen (secondary N) is 2. The van der Waals surface area contributed by atoms with Crippen molar-refractivity contribution in [1.29, 1.82) is 0 Å². The molecule has 1 aromatic carbocycles. The molecule has 1 aromatic rings. The third-order valence-electron chi connectivity index (χ3n) is 2.88. The molecule has 1 fully saturated rings. The van der Waals surface area contributed by atoms with Gasteiger partial charge in [-0.05, 0) is 31.0 Å². The Labute approximate surface area is 132 Å². The highest BCUT2D eigenvalue weighted by molar-refractivity contribution is 9.10. The smallest absolute Gasteiger partial charge is 0.238 e. The van der Waals surface area contributed by atoms with E-state index in [1.807, 2.05) is 19.1 Å². The van der Waals surface area contributed by atoms with E-state index in [1.54, 1.807) is 11.8 Å². The van der Waals surface area contributed by atoms with Crippen LogP contribution in [0.2, 0.25) is 0 Å². The number of carbonyl (C=O) groups excluding carboxylic acids is 1. The van der Waals surface area contributed by atoms with E-state index in [2.05, 4.69) is 38.7 Å². The molecule has 2 rings (SSSR count). The summed E-state index contributed by atoms with van der Waals surface area (Å²) in [6.45, 7) is 2.04. The first kappa shape index (κ1) is 16.8. The fourth-order valence-electron chi connectivity index (χ4n) is 1.93. The van der Waals surface area contributed by atoms with Crippen LogP contribution in [0.4, 0.5) is 0 Å². The lowest BCUT2D eigenvalue weighted by atomic mass is 10.1. The van der Waals surface area contributed by atoms with Crippen LogP contribution < -0.4 is 10.6 Å². The van der Waals surface area contributed by atoms with Gasteiger partial charge in [-0.3, -0.25) is 10.1 Å². The molecule has 1 saturated heterocycles. The van der Waals surface area contributed by atoms with Crippen LogP contribution in [0.25, 0.3) is 0 Å².